The van der Waals surface area contributed by atoms with E-state index in [0.29, 0.717) is 18.1 Å². The lowest BCUT2D eigenvalue weighted by Gasteiger charge is -2.05. The van der Waals surface area contributed by atoms with Gasteiger partial charge in [-0.05, 0) is 60.2 Å². The Kier molecular flexibility index (Phi) is 5.98. The molecule has 0 unspecified atom stereocenters. The van der Waals surface area contributed by atoms with Gasteiger partial charge in [0.05, 0.1) is 13.7 Å². The molecule has 0 saturated heterocycles. The van der Waals surface area contributed by atoms with Crippen molar-refractivity contribution in [2.24, 2.45) is 0 Å². The summed E-state index contributed by atoms with van der Waals surface area (Å²) in [6.07, 6.45) is 0.955. The number of aromatic nitrogens is 4. The van der Waals surface area contributed by atoms with Crippen LogP contribution in [0.5, 0.6) is 11.5 Å². The van der Waals surface area contributed by atoms with E-state index in [4.69, 9.17) is 9.47 Å². The normalized spacial score (nSPS) is 10.4. The van der Waals surface area contributed by atoms with E-state index in [0.717, 1.165) is 23.5 Å². The molecule has 0 spiro atoms. The zero-order valence-electron chi connectivity index (χ0n) is 15.3. The van der Waals surface area contributed by atoms with Gasteiger partial charge < -0.3 is 14.8 Å². The van der Waals surface area contributed by atoms with E-state index >= 15 is 0 Å². The van der Waals surface area contributed by atoms with Crippen molar-refractivity contribution in [3.05, 3.63) is 48.5 Å². The number of anilines is 1. The molecule has 140 valence electrons. The van der Waals surface area contributed by atoms with Crippen molar-refractivity contribution < 1.29 is 14.3 Å². The monoisotopic (exact) mass is 367 g/mol. The predicted octanol–water partition coefficient (Wildman–Crippen LogP) is 2.78. The minimum absolute atomic E-state index is 0.0310. The molecular formula is C19H21N5O3. The van der Waals surface area contributed by atoms with Crippen LogP contribution in [0.4, 0.5) is 5.69 Å². The number of nitrogens with one attached hydrogen (secondary N) is 1. The highest BCUT2D eigenvalue weighted by molar-refractivity contribution is 5.90. The number of rotatable bonds is 8. The largest absolute Gasteiger partial charge is 0.497 e. The summed E-state index contributed by atoms with van der Waals surface area (Å²) in [5.41, 5.74) is 1.48. The number of methoxy groups -OCH3 is 1. The zero-order valence-corrected chi connectivity index (χ0v) is 15.3. The Hall–Kier alpha value is -3.42. The first kappa shape index (κ1) is 18.4. The first-order valence-electron chi connectivity index (χ1n) is 8.63. The van der Waals surface area contributed by atoms with Gasteiger partial charge in [0.1, 0.15) is 18.0 Å². The summed E-state index contributed by atoms with van der Waals surface area (Å²) in [6.45, 7) is 2.70. The van der Waals surface area contributed by atoms with Crippen molar-refractivity contribution in [2.45, 2.75) is 19.9 Å². The summed E-state index contributed by atoms with van der Waals surface area (Å²) in [7, 11) is 1.59. The molecule has 8 nitrogen and oxygen atoms in total. The second-order valence-electron chi connectivity index (χ2n) is 5.79. The van der Waals surface area contributed by atoms with Crippen molar-refractivity contribution >= 4 is 11.6 Å². The van der Waals surface area contributed by atoms with Gasteiger partial charge in [-0.2, -0.15) is 4.80 Å². The van der Waals surface area contributed by atoms with Gasteiger partial charge in [-0.25, -0.2) is 0 Å². The Bertz CT molecular complexity index is 875. The molecule has 1 N–H and O–H groups in total. The topological polar surface area (TPSA) is 91.2 Å². The molecule has 3 rings (SSSR count). The standard InChI is InChI=1S/C19H21N5O3/c1-3-12-27-17-8-4-14(5-9-17)19-21-23-24(22-19)13-18(25)20-15-6-10-16(26-2)11-7-15/h4-11H,3,12-13H2,1-2H3,(H,20,25). The number of carbonyl (C=O) groups excluding carboxylic acids is 1. The van der Waals surface area contributed by atoms with Crippen LogP contribution in [0, 0.1) is 0 Å². The van der Waals surface area contributed by atoms with Crippen LogP contribution in [0.3, 0.4) is 0 Å². The van der Waals surface area contributed by atoms with Crippen LogP contribution in [0.2, 0.25) is 0 Å². The molecule has 0 aliphatic heterocycles. The van der Waals surface area contributed by atoms with E-state index in [9.17, 15) is 4.79 Å². The summed E-state index contributed by atoms with van der Waals surface area (Å²) < 4.78 is 10.6. The number of hydrogen-bond donors (Lipinski definition) is 1. The fourth-order valence-corrected chi connectivity index (χ4v) is 2.35. The van der Waals surface area contributed by atoms with Crippen LogP contribution in [0.1, 0.15) is 13.3 Å². The Balaban J connectivity index is 1.58. The molecule has 0 radical (unpaired) electrons. The van der Waals surface area contributed by atoms with Crippen molar-refractivity contribution in [3.8, 4) is 22.9 Å². The number of ether oxygens (including phenoxy) is 2. The van der Waals surface area contributed by atoms with Gasteiger partial charge >= 0.3 is 0 Å². The maximum atomic E-state index is 12.1. The number of nitrogens with zero attached hydrogens (tertiary/aromatic N) is 4. The lowest BCUT2D eigenvalue weighted by Crippen LogP contribution is -2.20. The van der Waals surface area contributed by atoms with Crippen LogP contribution in [0.25, 0.3) is 11.4 Å². The lowest BCUT2D eigenvalue weighted by molar-refractivity contribution is -0.117. The number of tetrazole rings is 1. The average Bonchev–Trinajstić information content (AvgIpc) is 3.15. The molecule has 0 aliphatic rings. The quantitative estimate of drug-likeness (QED) is 0.658. The molecule has 0 bridgehead atoms. The number of carbonyl (C=O) groups is 1. The molecule has 8 heteroatoms. The maximum absolute atomic E-state index is 12.1. The minimum Gasteiger partial charge on any atom is -0.497 e. The summed E-state index contributed by atoms with van der Waals surface area (Å²) in [6, 6.07) is 14.5. The lowest BCUT2D eigenvalue weighted by atomic mass is 10.2. The van der Waals surface area contributed by atoms with Gasteiger partial charge in [-0.15, -0.1) is 10.2 Å². The first-order valence-corrected chi connectivity index (χ1v) is 8.63. The third-order valence-electron chi connectivity index (χ3n) is 3.70. The van der Waals surface area contributed by atoms with Gasteiger partial charge in [0.25, 0.3) is 0 Å². The summed E-state index contributed by atoms with van der Waals surface area (Å²) in [5, 5.41) is 15.0. The summed E-state index contributed by atoms with van der Waals surface area (Å²) >= 11 is 0. The highest BCUT2D eigenvalue weighted by Crippen LogP contribution is 2.19. The summed E-state index contributed by atoms with van der Waals surface area (Å²) in [5.74, 6) is 1.73. The van der Waals surface area contributed by atoms with Crippen LogP contribution >= 0.6 is 0 Å². The van der Waals surface area contributed by atoms with E-state index in [1.165, 1.54) is 4.80 Å². The third-order valence-corrected chi connectivity index (χ3v) is 3.70. The van der Waals surface area contributed by atoms with Gasteiger partial charge in [-0.1, -0.05) is 6.92 Å². The van der Waals surface area contributed by atoms with Crippen LogP contribution in [-0.4, -0.2) is 39.8 Å². The molecule has 2 aromatic carbocycles. The molecule has 3 aromatic rings. The van der Waals surface area contributed by atoms with E-state index in [-0.39, 0.29) is 12.5 Å². The SMILES string of the molecule is CCCOc1ccc(-c2nnn(CC(=O)Nc3ccc(OC)cc3)n2)cc1. The van der Waals surface area contributed by atoms with Crippen molar-refractivity contribution in [1.82, 2.24) is 20.2 Å². The molecule has 0 aliphatic carbocycles. The third kappa shape index (κ3) is 5.04. The fraction of sp³-hybridized carbons (Fsp3) is 0.263. The zero-order chi connectivity index (χ0) is 19.1. The minimum atomic E-state index is -0.243. The highest BCUT2D eigenvalue weighted by atomic mass is 16.5. The van der Waals surface area contributed by atoms with E-state index < -0.39 is 0 Å². The molecular weight excluding hydrogens is 346 g/mol. The van der Waals surface area contributed by atoms with E-state index in [1.54, 1.807) is 31.4 Å². The molecule has 1 amide bonds. The number of hydrogen-bond acceptors (Lipinski definition) is 6. The number of benzene rings is 2. The first-order chi connectivity index (χ1) is 13.2. The summed E-state index contributed by atoms with van der Waals surface area (Å²) in [4.78, 5) is 13.4. The number of amides is 1. The van der Waals surface area contributed by atoms with E-state index in [1.807, 2.05) is 24.3 Å². The van der Waals surface area contributed by atoms with Gasteiger partial charge in [0.15, 0.2) is 0 Å². The fourth-order valence-electron chi connectivity index (χ4n) is 2.35. The Morgan fingerprint density at radius 3 is 2.44 bits per heavy atom. The highest BCUT2D eigenvalue weighted by Gasteiger charge is 2.10. The second kappa shape index (κ2) is 8.79. The average molecular weight is 367 g/mol. The van der Waals surface area contributed by atoms with Gasteiger partial charge in [-0.3, -0.25) is 4.79 Å². The van der Waals surface area contributed by atoms with Crippen LogP contribution in [-0.2, 0) is 11.3 Å². The molecule has 1 heterocycles. The molecule has 1 aromatic heterocycles. The maximum Gasteiger partial charge on any atom is 0.248 e. The Labute approximate surface area is 157 Å². The molecule has 0 saturated carbocycles. The smallest absolute Gasteiger partial charge is 0.248 e. The van der Waals surface area contributed by atoms with Crippen molar-refractivity contribution in [2.75, 3.05) is 19.0 Å². The van der Waals surface area contributed by atoms with E-state index in [2.05, 4.69) is 27.7 Å². The van der Waals surface area contributed by atoms with Crippen molar-refractivity contribution in [1.29, 1.82) is 0 Å². The van der Waals surface area contributed by atoms with Crippen LogP contribution in [0.15, 0.2) is 48.5 Å². The van der Waals surface area contributed by atoms with Gasteiger partial charge in [0.2, 0.25) is 11.7 Å². The predicted molar refractivity (Wildman–Crippen MR) is 101 cm³/mol. The molecule has 27 heavy (non-hydrogen) atoms. The Morgan fingerprint density at radius 2 is 1.78 bits per heavy atom. The molecule has 0 atom stereocenters. The van der Waals surface area contributed by atoms with Gasteiger partial charge in [0, 0.05) is 11.3 Å². The Morgan fingerprint density at radius 1 is 1.07 bits per heavy atom. The van der Waals surface area contributed by atoms with Crippen LogP contribution < -0.4 is 14.8 Å². The molecule has 0 fully saturated rings. The second-order valence-corrected chi connectivity index (χ2v) is 5.79. The van der Waals surface area contributed by atoms with Crippen molar-refractivity contribution in [3.63, 3.8) is 0 Å².